The maximum Gasteiger partial charge on any atom is 0.145 e. The van der Waals surface area contributed by atoms with Crippen LogP contribution in [0.5, 0.6) is 0 Å². The number of aromatic nitrogens is 1. The molecule has 0 spiro atoms. The summed E-state index contributed by atoms with van der Waals surface area (Å²) in [6.45, 7) is 0. The normalized spacial score (nSPS) is 9.56. The molecule has 0 bridgehead atoms. The van der Waals surface area contributed by atoms with Crippen molar-refractivity contribution in [3.8, 4) is 0 Å². The zero-order chi connectivity index (χ0) is 6.69. The SMILES string of the molecule is Fc1cccnc1CP. The van der Waals surface area contributed by atoms with Crippen molar-refractivity contribution in [1.29, 1.82) is 0 Å². The highest BCUT2D eigenvalue weighted by Crippen LogP contribution is 2.05. The van der Waals surface area contributed by atoms with E-state index in [1.165, 1.54) is 6.07 Å². The molecule has 9 heavy (non-hydrogen) atoms. The first-order chi connectivity index (χ1) is 4.34. The van der Waals surface area contributed by atoms with Crippen LogP contribution in [0, 0.1) is 5.82 Å². The monoisotopic (exact) mass is 143 g/mol. The molecule has 48 valence electrons. The Morgan fingerprint density at radius 1 is 1.67 bits per heavy atom. The molecule has 1 rings (SSSR count). The van der Waals surface area contributed by atoms with E-state index in [9.17, 15) is 4.39 Å². The van der Waals surface area contributed by atoms with E-state index >= 15 is 0 Å². The Kier molecular flexibility index (Phi) is 2.12. The van der Waals surface area contributed by atoms with Crippen LogP contribution in [-0.2, 0) is 6.16 Å². The minimum absolute atomic E-state index is 0.229. The van der Waals surface area contributed by atoms with E-state index in [0.29, 0.717) is 11.9 Å². The zero-order valence-electron chi connectivity index (χ0n) is 4.84. The Morgan fingerprint density at radius 3 is 2.89 bits per heavy atom. The molecule has 0 aliphatic carbocycles. The molecule has 0 aliphatic heterocycles. The largest absolute Gasteiger partial charge is 0.258 e. The van der Waals surface area contributed by atoms with Crippen molar-refractivity contribution in [3.63, 3.8) is 0 Å². The lowest BCUT2D eigenvalue weighted by molar-refractivity contribution is 0.608. The third kappa shape index (κ3) is 1.46. The first-order valence-corrected chi connectivity index (χ1v) is 3.45. The maximum atomic E-state index is 12.5. The second-order valence-corrected chi connectivity index (χ2v) is 2.04. The summed E-state index contributed by atoms with van der Waals surface area (Å²) in [7, 11) is 2.42. The number of nitrogens with zero attached hydrogens (tertiary/aromatic N) is 1. The van der Waals surface area contributed by atoms with Gasteiger partial charge in [-0.2, -0.15) is 0 Å². The van der Waals surface area contributed by atoms with Crippen LogP contribution < -0.4 is 0 Å². The number of halogens is 1. The van der Waals surface area contributed by atoms with E-state index in [1.807, 2.05) is 0 Å². The fourth-order valence-corrected chi connectivity index (χ4v) is 0.869. The van der Waals surface area contributed by atoms with E-state index in [4.69, 9.17) is 0 Å². The summed E-state index contributed by atoms with van der Waals surface area (Å²) in [5, 5.41) is 0. The molecule has 3 heteroatoms. The minimum Gasteiger partial charge on any atom is -0.258 e. The van der Waals surface area contributed by atoms with Crippen LogP contribution in [0.2, 0.25) is 0 Å². The van der Waals surface area contributed by atoms with Crippen LogP contribution in [0.4, 0.5) is 4.39 Å². The highest BCUT2D eigenvalue weighted by Gasteiger charge is 1.95. The average molecular weight is 143 g/mol. The van der Waals surface area contributed by atoms with Gasteiger partial charge in [0.15, 0.2) is 0 Å². The summed E-state index contributed by atoms with van der Waals surface area (Å²) in [6, 6.07) is 2.99. The van der Waals surface area contributed by atoms with Crippen molar-refractivity contribution in [3.05, 3.63) is 29.8 Å². The fraction of sp³-hybridized carbons (Fsp3) is 0.167. The number of pyridine rings is 1. The molecule has 0 N–H and O–H groups in total. The summed E-state index contributed by atoms with van der Waals surface area (Å²) in [6.07, 6.45) is 2.16. The van der Waals surface area contributed by atoms with Crippen LogP contribution >= 0.6 is 9.24 Å². The lowest BCUT2D eigenvalue weighted by Crippen LogP contribution is -1.87. The first kappa shape index (κ1) is 6.63. The van der Waals surface area contributed by atoms with Gasteiger partial charge < -0.3 is 0 Å². The van der Waals surface area contributed by atoms with Gasteiger partial charge in [-0.3, -0.25) is 4.98 Å². The molecule has 0 aromatic carbocycles. The van der Waals surface area contributed by atoms with E-state index in [1.54, 1.807) is 12.3 Å². The van der Waals surface area contributed by atoms with Gasteiger partial charge in [0.1, 0.15) is 5.82 Å². The highest BCUT2D eigenvalue weighted by molar-refractivity contribution is 7.15. The Bertz CT molecular complexity index is 202. The van der Waals surface area contributed by atoms with Gasteiger partial charge >= 0.3 is 0 Å². The zero-order valence-corrected chi connectivity index (χ0v) is 6.00. The number of hydrogen-bond donors (Lipinski definition) is 0. The Labute approximate surface area is 55.5 Å². The van der Waals surface area contributed by atoms with Crippen molar-refractivity contribution in [2.75, 3.05) is 0 Å². The van der Waals surface area contributed by atoms with Gasteiger partial charge in [0.05, 0.1) is 5.69 Å². The quantitative estimate of drug-likeness (QED) is 0.544. The Hall–Kier alpha value is -0.490. The predicted molar refractivity (Wildman–Crippen MR) is 37.6 cm³/mol. The number of rotatable bonds is 1. The van der Waals surface area contributed by atoms with E-state index in [0.717, 1.165) is 0 Å². The third-order valence-corrected chi connectivity index (χ3v) is 1.41. The molecular weight excluding hydrogens is 136 g/mol. The van der Waals surface area contributed by atoms with Gasteiger partial charge in [-0.15, -0.1) is 9.24 Å². The van der Waals surface area contributed by atoms with Crippen LogP contribution in [0.3, 0.4) is 0 Å². The minimum atomic E-state index is -0.229. The van der Waals surface area contributed by atoms with Gasteiger partial charge in [0.25, 0.3) is 0 Å². The van der Waals surface area contributed by atoms with Gasteiger partial charge in [0, 0.05) is 12.4 Å². The summed E-state index contributed by atoms with van der Waals surface area (Å²) in [5.74, 6) is -0.229. The first-order valence-electron chi connectivity index (χ1n) is 2.64. The lowest BCUT2D eigenvalue weighted by atomic mass is 10.4. The van der Waals surface area contributed by atoms with Gasteiger partial charge in [-0.1, -0.05) is 0 Å². The standard InChI is InChI=1S/C6H7FNP/c7-5-2-1-3-8-6(5)4-9/h1-3H,4,9H2. The van der Waals surface area contributed by atoms with Crippen molar-refractivity contribution in [2.45, 2.75) is 6.16 Å². The average Bonchev–Trinajstić information content (AvgIpc) is 1.89. The molecular formula is C6H7FNP. The second-order valence-electron chi connectivity index (χ2n) is 1.64. The van der Waals surface area contributed by atoms with Gasteiger partial charge in [-0.25, -0.2) is 4.39 Å². The van der Waals surface area contributed by atoms with Crippen molar-refractivity contribution >= 4 is 9.24 Å². The van der Waals surface area contributed by atoms with Crippen LogP contribution in [0.15, 0.2) is 18.3 Å². The molecule has 0 saturated carbocycles. The highest BCUT2D eigenvalue weighted by atomic mass is 31.0. The molecule has 0 radical (unpaired) electrons. The molecule has 1 atom stereocenters. The van der Waals surface area contributed by atoms with E-state index < -0.39 is 0 Å². The van der Waals surface area contributed by atoms with Gasteiger partial charge in [-0.05, 0) is 12.1 Å². The summed E-state index contributed by atoms with van der Waals surface area (Å²) in [5.41, 5.74) is 0.502. The number of hydrogen-bond acceptors (Lipinski definition) is 1. The molecule has 0 aliphatic rings. The fourth-order valence-electron chi connectivity index (χ4n) is 0.569. The van der Waals surface area contributed by atoms with Crippen molar-refractivity contribution < 1.29 is 4.39 Å². The van der Waals surface area contributed by atoms with E-state index in [2.05, 4.69) is 14.2 Å². The smallest absolute Gasteiger partial charge is 0.145 e. The maximum absolute atomic E-state index is 12.5. The van der Waals surface area contributed by atoms with Crippen molar-refractivity contribution in [2.24, 2.45) is 0 Å². The van der Waals surface area contributed by atoms with Crippen LogP contribution in [0.25, 0.3) is 0 Å². The summed E-state index contributed by atoms with van der Waals surface area (Å²) < 4.78 is 12.5. The Morgan fingerprint density at radius 2 is 2.44 bits per heavy atom. The predicted octanol–water partition coefficient (Wildman–Crippen LogP) is 1.60. The molecule has 1 unspecified atom stereocenters. The van der Waals surface area contributed by atoms with Crippen molar-refractivity contribution in [1.82, 2.24) is 4.98 Å². The second kappa shape index (κ2) is 2.88. The molecule has 0 fully saturated rings. The van der Waals surface area contributed by atoms with Crippen LogP contribution in [0.1, 0.15) is 5.69 Å². The third-order valence-electron chi connectivity index (χ3n) is 1.03. The molecule has 1 nitrogen and oxygen atoms in total. The Balaban J connectivity index is 3.01. The molecule has 0 amide bonds. The van der Waals surface area contributed by atoms with Gasteiger partial charge in [0.2, 0.25) is 0 Å². The summed E-state index contributed by atoms with van der Waals surface area (Å²) >= 11 is 0. The molecule has 1 aromatic heterocycles. The van der Waals surface area contributed by atoms with E-state index in [-0.39, 0.29) is 5.82 Å². The lowest BCUT2D eigenvalue weighted by Gasteiger charge is -1.93. The topological polar surface area (TPSA) is 12.9 Å². The molecule has 0 saturated heterocycles. The molecule has 1 aromatic rings. The summed E-state index contributed by atoms with van der Waals surface area (Å²) in [4.78, 5) is 3.80. The van der Waals surface area contributed by atoms with Crippen LogP contribution in [-0.4, -0.2) is 4.98 Å². The molecule has 1 heterocycles.